The van der Waals surface area contributed by atoms with E-state index >= 15 is 0 Å². The predicted octanol–water partition coefficient (Wildman–Crippen LogP) is 4.55. The van der Waals surface area contributed by atoms with Crippen LogP contribution in [-0.4, -0.2) is 10.8 Å². The molecule has 1 aromatic heterocycles. The summed E-state index contributed by atoms with van der Waals surface area (Å²) >= 11 is 4.69. The third-order valence-electron chi connectivity index (χ3n) is 3.21. The Bertz CT molecular complexity index is 686. The second-order valence-electron chi connectivity index (χ2n) is 5.13. The highest BCUT2D eigenvalue weighted by molar-refractivity contribution is 9.10. The van der Waals surface area contributed by atoms with E-state index in [0.29, 0.717) is 4.47 Å². The minimum Gasteiger partial charge on any atom is -0.344 e. The van der Waals surface area contributed by atoms with Gasteiger partial charge in [-0.1, -0.05) is 19.9 Å². The van der Waals surface area contributed by atoms with Gasteiger partial charge >= 0.3 is 0 Å². The number of carbonyl (C=O) groups excluding carboxylic acids is 1. The van der Waals surface area contributed by atoms with Crippen LogP contribution in [0, 0.1) is 16.0 Å². The molecule has 1 aromatic carbocycles. The summed E-state index contributed by atoms with van der Waals surface area (Å²) in [5.41, 5.74) is 0.155. The quantitative estimate of drug-likeness (QED) is 0.608. The smallest absolute Gasteiger partial charge is 0.284 e. The van der Waals surface area contributed by atoms with Crippen molar-refractivity contribution in [1.29, 1.82) is 0 Å². The van der Waals surface area contributed by atoms with Gasteiger partial charge < -0.3 is 5.32 Å². The average molecular weight is 383 g/mol. The van der Waals surface area contributed by atoms with Crippen LogP contribution in [0.25, 0.3) is 0 Å². The van der Waals surface area contributed by atoms with E-state index in [1.807, 2.05) is 31.4 Å². The lowest BCUT2D eigenvalue weighted by Crippen LogP contribution is -2.31. The minimum atomic E-state index is -0.514. The zero-order valence-corrected chi connectivity index (χ0v) is 14.5. The molecule has 0 aliphatic heterocycles. The fourth-order valence-electron chi connectivity index (χ4n) is 2.05. The van der Waals surface area contributed by atoms with Gasteiger partial charge in [0.15, 0.2) is 0 Å². The molecule has 0 spiro atoms. The summed E-state index contributed by atoms with van der Waals surface area (Å²) in [4.78, 5) is 23.9. The summed E-state index contributed by atoms with van der Waals surface area (Å²) in [7, 11) is 0. The zero-order chi connectivity index (χ0) is 16.3. The Balaban J connectivity index is 2.24. The third-order valence-corrected chi connectivity index (χ3v) is 4.83. The summed E-state index contributed by atoms with van der Waals surface area (Å²) < 4.78 is 0.354. The molecular formula is C15H15BrN2O3S. The summed E-state index contributed by atoms with van der Waals surface area (Å²) in [5, 5.41) is 15.9. The number of hydrogen-bond donors (Lipinski definition) is 1. The van der Waals surface area contributed by atoms with Crippen molar-refractivity contribution in [1.82, 2.24) is 5.32 Å². The van der Waals surface area contributed by atoms with E-state index < -0.39 is 4.92 Å². The molecule has 0 bridgehead atoms. The Morgan fingerprint density at radius 2 is 2.09 bits per heavy atom. The van der Waals surface area contributed by atoms with E-state index in [1.165, 1.54) is 12.1 Å². The van der Waals surface area contributed by atoms with Crippen molar-refractivity contribution in [2.75, 3.05) is 0 Å². The van der Waals surface area contributed by atoms with Gasteiger partial charge in [-0.3, -0.25) is 14.9 Å². The van der Waals surface area contributed by atoms with Crippen molar-refractivity contribution in [3.8, 4) is 0 Å². The highest BCUT2D eigenvalue weighted by atomic mass is 79.9. The number of halogens is 1. The van der Waals surface area contributed by atoms with Crippen LogP contribution in [0.2, 0.25) is 0 Å². The van der Waals surface area contributed by atoms with Crippen LogP contribution in [0.3, 0.4) is 0 Å². The molecule has 116 valence electrons. The number of nitrogens with zero attached hydrogens (tertiary/aromatic N) is 1. The number of rotatable bonds is 5. The highest BCUT2D eigenvalue weighted by Gasteiger charge is 2.22. The summed E-state index contributed by atoms with van der Waals surface area (Å²) in [6.45, 7) is 4.05. The average Bonchev–Trinajstić information content (AvgIpc) is 2.98. The standard InChI is InChI=1S/C15H15BrN2O3S/c1-9(2)14(13-4-3-7-22-13)17-15(19)10-5-6-11(16)12(8-10)18(20)21/h3-9,14H,1-2H3,(H,17,19)/t14-/m0/s1. The summed E-state index contributed by atoms with van der Waals surface area (Å²) in [6, 6.07) is 8.16. The SMILES string of the molecule is CC(C)[C@H](NC(=O)c1ccc(Br)c([N+](=O)[O-])c1)c1cccs1. The number of benzene rings is 1. The van der Waals surface area contributed by atoms with E-state index in [4.69, 9.17) is 0 Å². The number of nitro groups is 1. The molecule has 1 N–H and O–H groups in total. The molecule has 0 fully saturated rings. The van der Waals surface area contributed by atoms with Gasteiger partial charge in [0.1, 0.15) is 0 Å². The predicted molar refractivity (Wildman–Crippen MR) is 90.2 cm³/mol. The molecule has 22 heavy (non-hydrogen) atoms. The van der Waals surface area contributed by atoms with E-state index in [-0.39, 0.29) is 29.1 Å². The maximum Gasteiger partial charge on any atom is 0.284 e. The Labute approximate surface area is 140 Å². The van der Waals surface area contributed by atoms with Crippen LogP contribution in [0.1, 0.15) is 35.1 Å². The lowest BCUT2D eigenvalue weighted by Gasteiger charge is -2.21. The molecule has 0 radical (unpaired) electrons. The molecule has 1 atom stereocenters. The lowest BCUT2D eigenvalue weighted by molar-refractivity contribution is -0.385. The van der Waals surface area contributed by atoms with E-state index in [1.54, 1.807) is 17.4 Å². The molecule has 0 saturated heterocycles. The van der Waals surface area contributed by atoms with Crippen LogP contribution in [-0.2, 0) is 0 Å². The van der Waals surface area contributed by atoms with Gasteiger partial charge in [-0.15, -0.1) is 11.3 Å². The van der Waals surface area contributed by atoms with E-state index in [9.17, 15) is 14.9 Å². The number of thiophene rings is 1. The maximum absolute atomic E-state index is 12.4. The van der Waals surface area contributed by atoms with Crippen molar-refractivity contribution < 1.29 is 9.72 Å². The van der Waals surface area contributed by atoms with Crippen LogP contribution >= 0.6 is 27.3 Å². The highest BCUT2D eigenvalue weighted by Crippen LogP contribution is 2.28. The summed E-state index contributed by atoms with van der Waals surface area (Å²) in [6.07, 6.45) is 0. The first-order chi connectivity index (χ1) is 10.4. The van der Waals surface area contributed by atoms with Crippen LogP contribution < -0.4 is 5.32 Å². The Kier molecular flexibility index (Phi) is 5.31. The summed E-state index contributed by atoms with van der Waals surface area (Å²) in [5.74, 6) is -0.101. The van der Waals surface area contributed by atoms with Gasteiger partial charge in [-0.05, 0) is 45.4 Å². The normalized spacial score (nSPS) is 12.2. The van der Waals surface area contributed by atoms with E-state index in [2.05, 4.69) is 21.2 Å². The monoisotopic (exact) mass is 382 g/mol. The third kappa shape index (κ3) is 3.72. The van der Waals surface area contributed by atoms with Gasteiger partial charge in [0.25, 0.3) is 11.6 Å². The van der Waals surface area contributed by atoms with Gasteiger partial charge in [0.05, 0.1) is 15.4 Å². The van der Waals surface area contributed by atoms with Crippen molar-refractivity contribution in [2.24, 2.45) is 5.92 Å². The van der Waals surface area contributed by atoms with Crippen LogP contribution in [0.15, 0.2) is 40.2 Å². The van der Waals surface area contributed by atoms with Gasteiger partial charge in [-0.2, -0.15) is 0 Å². The van der Waals surface area contributed by atoms with Crippen LogP contribution in [0.5, 0.6) is 0 Å². The van der Waals surface area contributed by atoms with Crippen molar-refractivity contribution in [3.63, 3.8) is 0 Å². The fraction of sp³-hybridized carbons (Fsp3) is 0.267. The van der Waals surface area contributed by atoms with Gasteiger partial charge in [-0.25, -0.2) is 0 Å². The number of nitro benzene ring substituents is 1. The second kappa shape index (κ2) is 7.02. The molecule has 5 nitrogen and oxygen atoms in total. The first-order valence-corrected chi connectivity index (χ1v) is 8.35. The zero-order valence-electron chi connectivity index (χ0n) is 12.1. The molecule has 2 rings (SSSR count). The van der Waals surface area contributed by atoms with Gasteiger partial charge in [0, 0.05) is 16.5 Å². The molecule has 7 heteroatoms. The van der Waals surface area contributed by atoms with Crippen molar-refractivity contribution >= 4 is 38.9 Å². The molecule has 1 amide bonds. The largest absolute Gasteiger partial charge is 0.344 e. The molecule has 1 heterocycles. The molecule has 0 unspecified atom stereocenters. The first-order valence-electron chi connectivity index (χ1n) is 6.68. The number of carbonyl (C=O) groups is 1. The molecule has 0 saturated carbocycles. The minimum absolute atomic E-state index is 0.116. The Morgan fingerprint density at radius 3 is 2.64 bits per heavy atom. The Morgan fingerprint density at radius 1 is 1.36 bits per heavy atom. The topological polar surface area (TPSA) is 72.2 Å². The lowest BCUT2D eigenvalue weighted by atomic mass is 10.0. The van der Waals surface area contributed by atoms with Crippen molar-refractivity contribution in [3.05, 3.63) is 60.7 Å². The first kappa shape index (κ1) is 16.6. The molecule has 2 aromatic rings. The molecule has 0 aliphatic rings. The fourth-order valence-corrected chi connectivity index (χ4v) is 3.39. The van der Waals surface area contributed by atoms with Crippen LogP contribution in [0.4, 0.5) is 5.69 Å². The number of hydrogen-bond acceptors (Lipinski definition) is 4. The number of nitrogens with one attached hydrogen (secondary N) is 1. The second-order valence-corrected chi connectivity index (χ2v) is 6.97. The van der Waals surface area contributed by atoms with Gasteiger partial charge in [0.2, 0.25) is 0 Å². The Hall–Kier alpha value is -1.73. The van der Waals surface area contributed by atoms with Crippen molar-refractivity contribution in [2.45, 2.75) is 19.9 Å². The maximum atomic E-state index is 12.4. The molecular weight excluding hydrogens is 368 g/mol. The molecule has 0 aliphatic carbocycles. The van der Waals surface area contributed by atoms with E-state index in [0.717, 1.165) is 4.88 Å². The number of amides is 1.